The van der Waals surface area contributed by atoms with Crippen LogP contribution in [-0.4, -0.2) is 41.8 Å². The minimum Gasteiger partial charge on any atom is -0.416 e. The van der Waals surface area contributed by atoms with E-state index in [0.29, 0.717) is 29.9 Å². The topological polar surface area (TPSA) is 102 Å². The zero-order valence-corrected chi connectivity index (χ0v) is 17.9. The molecule has 7 nitrogen and oxygen atoms in total. The molecule has 1 aliphatic rings. The lowest BCUT2D eigenvalue weighted by Crippen LogP contribution is -2.16. The first-order chi connectivity index (χ1) is 13.2. The molecule has 1 aromatic carbocycles. The molecular formula is C19H25N3O4S2. The Hall–Kier alpha value is -1.87. The lowest BCUT2D eigenvalue weighted by atomic mass is 9.98. The van der Waals surface area contributed by atoms with Crippen molar-refractivity contribution < 1.29 is 17.6 Å². The van der Waals surface area contributed by atoms with Crippen molar-refractivity contribution in [2.75, 3.05) is 22.6 Å². The van der Waals surface area contributed by atoms with Crippen LogP contribution in [0.5, 0.6) is 0 Å². The van der Waals surface area contributed by atoms with Gasteiger partial charge in [0.15, 0.2) is 9.84 Å². The van der Waals surface area contributed by atoms with E-state index in [2.05, 4.69) is 29.4 Å². The Labute approximate surface area is 169 Å². The standard InChI is InChI=1S/C19H25N3O4S2/c1-12(2)15-6-4-5-13(3)18(15)20-16(23)10-27-19-22-21-17(26-19)9-14-7-8-28(24,25)11-14/h4-6,12,14H,7-11H2,1-3H3,(H,20,23)/t14-/m1/s1. The summed E-state index contributed by atoms with van der Waals surface area (Å²) in [7, 11) is -2.92. The monoisotopic (exact) mass is 423 g/mol. The molecule has 0 radical (unpaired) electrons. The number of anilines is 1. The molecule has 2 heterocycles. The maximum Gasteiger partial charge on any atom is 0.277 e. The Bertz CT molecular complexity index is 954. The number of hydrogen-bond acceptors (Lipinski definition) is 7. The largest absolute Gasteiger partial charge is 0.416 e. The molecular weight excluding hydrogens is 398 g/mol. The number of carbonyl (C=O) groups is 1. The first-order valence-electron chi connectivity index (χ1n) is 9.28. The maximum absolute atomic E-state index is 12.4. The van der Waals surface area contributed by atoms with Crippen LogP contribution in [0.25, 0.3) is 0 Å². The summed E-state index contributed by atoms with van der Waals surface area (Å²) >= 11 is 1.18. The summed E-state index contributed by atoms with van der Waals surface area (Å²) in [6.07, 6.45) is 1.09. The number of carbonyl (C=O) groups excluding carboxylic acids is 1. The van der Waals surface area contributed by atoms with Crippen molar-refractivity contribution in [3.63, 3.8) is 0 Å². The summed E-state index contributed by atoms with van der Waals surface area (Å²) in [6, 6.07) is 5.99. The van der Waals surface area contributed by atoms with E-state index in [1.807, 2.05) is 25.1 Å². The predicted octanol–water partition coefficient (Wildman–Crippen LogP) is 3.21. The number of hydrogen-bond donors (Lipinski definition) is 1. The molecule has 1 aromatic heterocycles. The van der Waals surface area contributed by atoms with Crippen molar-refractivity contribution in [3.8, 4) is 0 Å². The van der Waals surface area contributed by atoms with Gasteiger partial charge in [0.05, 0.1) is 17.3 Å². The molecule has 152 valence electrons. The van der Waals surface area contributed by atoms with Gasteiger partial charge in [0, 0.05) is 12.1 Å². The Balaban J connectivity index is 1.54. The Morgan fingerprint density at radius 1 is 1.36 bits per heavy atom. The molecule has 0 spiro atoms. The number of aryl methyl sites for hydroxylation is 1. The fourth-order valence-corrected chi connectivity index (χ4v) is 5.75. The normalized spacial score (nSPS) is 18.5. The van der Waals surface area contributed by atoms with E-state index in [1.165, 1.54) is 11.8 Å². The zero-order chi connectivity index (χ0) is 20.3. The van der Waals surface area contributed by atoms with Crippen LogP contribution in [0, 0.1) is 12.8 Å². The molecule has 9 heteroatoms. The molecule has 1 fully saturated rings. The number of sulfone groups is 1. The van der Waals surface area contributed by atoms with Gasteiger partial charge < -0.3 is 9.73 Å². The molecule has 1 saturated heterocycles. The molecule has 3 rings (SSSR count). The quantitative estimate of drug-likeness (QED) is 0.682. The van der Waals surface area contributed by atoms with Crippen LogP contribution in [0.15, 0.2) is 27.8 Å². The summed E-state index contributed by atoms with van der Waals surface area (Å²) in [4.78, 5) is 12.4. The number of para-hydroxylation sites is 1. The van der Waals surface area contributed by atoms with E-state index in [-0.39, 0.29) is 29.1 Å². The summed E-state index contributed by atoms with van der Waals surface area (Å²) in [5, 5.41) is 11.2. The van der Waals surface area contributed by atoms with Gasteiger partial charge in [-0.05, 0) is 36.3 Å². The molecule has 2 aromatic rings. The number of nitrogens with zero attached hydrogens (tertiary/aromatic N) is 2. The van der Waals surface area contributed by atoms with Crippen LogP contribution in [-0.2, 0) is 21.1 Å². The third-order valence-corrected chi connectivity index (χ3v) is 7.41. The second kappa shape index (κ2) is 8.65. The van der Waals surface area contributed by atoms with Gasteiger partial charge in [0.25, 0.3) is 5.22 Å². The number of nitrogens with one attached hydrogen (secondary N) is 1. The molecule has 1 aliphatic heterocycles. The highest BCUT2D eigenvalue weighted by molar-refractivity contribution is 7.99. The minimum atomic E-state index is -2.92. The van der Waals surface area contributed by atoms with Gasteiger partial charge in [-0.1, -0.05) is 43.8 Å². The Morgan fingerprint density at radius 2 is 2.14 bits per heavy atom. The molecule has 1 N–H and O–H groups in total. The molecule has 1 atom stereocenters. The summed E-state index contributed by atoms with van der Waals surface area (Å²) in [5.41, 5.74) is 2.98. The van der Waals surface area contributed by atoms with Crippen molar-refractivity contribution in [2.45, 2.75) is 44.8 Å². The van der Waals surface area contributed by atoms with Crippen molar-refractivity contribution >= 4 is 33.2 Å². The lowest BCUT2D eigenvalue weighted by molar-refractivity contribution is -0.113. The van der Waals surface area contributed by atoms with Crippen LogP contribution in [0.1, 0.15) is 43.2 Å². The SMILES string of the molecule is Cc1cccc(C(C)C)c1NC(=O)CSc1nnc(C[C@H]2CCS(=O)(=O)C2)o1. The number of amides is 1. The van der Waals surface area contributed by atoms with Crippen LogP contribution < -0.4 is 5.32 Å². The van der Waals surface area contributed by atoms with E-state index in [9.17, 15) is 13.2 Å². The van der Waals surface area contributed by atoms with Crippen molar-refractivity contribution in [3.05, 3.63) is 35.2 Å². The number of benzene rings is 1. The molecule has 28 heavy (non-hydrogen) atoms. The van der Waals surface area contributed by atoms with E-state index in [4.69, 9.17) is 4.42 Å². The Kier molecular flexibility index (Phi) is 6.44. The van der Waals surface area contributed by atoms with Gasteiger partial charge in [-0.2, -0.15) is 0 Å². The van der Waals surface area contributed by atoms with Crippen LogP contribution in [0.3, 0.4) is 0 Å². The molecule has 0 saturated carbocycles. The average molecular weight is 424 g/mol. The first-order valence-corrected chi connectivity index (χ1v) is 12.1. The minimum absolute atomic E-state index is 0.0297. The van der Waals surface area contributed by atoms with E-state index >= 15 is 0 Å². The van der Waals surface area contributed by atoms with Gasteiger partial charge in [0.1, 0.15) is 0 Å². The number of rotatable bonds is 7. The highest BCUT2D eigenvalue weighted by atomic mass is 32.2. The molecule has 1 amide bonds. The van der Waals surface area contributed by atoms with Crippen molar-refractivity contribution in [1.82, 2.24) is 10.2 Å². The van der Waals surface area contributed by atoms with Crippen molar-refractivity contribution in [2.24, 2.45) is 5.92 Å². The fourth-order valence-electron chi connectivity index (χ4n) is 3.30. The van der Waals surface area contributed by atoms with Crippen molar-refractivity contribution in [1.29, 1.82) is 0 Å². The molecule has 0 unspecified atom stereocenters. The van der Waals surface area contributed by atoms with Crippen LogP contribution in [0.2, 0.25) is 0 Å². The van der Waals surface area contributed by atoms with Gasteiger partial charge in [0.2, 0.25) is 11.8 Å². The highest BCUT2D eigenvalue weighted by Gasteiger charge is 2.29. The first kappa shape index (κ1) is 20.9. The van der Waals surface area contributed by atoms with E-state index in [1.54, 1.807) is 0 Å². The third kappa shape index (κ3) is 5.35. The van der Waals surface area contributed by atoms with Gasteiger partial charge >= 0.3 is 0 Å². The highest BCUT2D eigenvalue weighted by Crippen LogP contribution is 2.28. The van der Waals surface area contributed by atoms with Gasteiger partial charge in [-0.3, -0.25) is 4.79 Å². The summed E-state index contributed by atoms with van der Waals surface area (Å²) in [6.45, 7) is 6.16. The third-order valence-electron chi connectivity index (χ3n) is 4.76. The van der Waals surface area contributed by atoms with Crippen LogP contribution >= 0.6 is 11.8 Å². The fraction of sp³-hybridized carbons (Fsp3) is 0.526. The lowest BCUT2D eigenvalue weighted by Gasteiger charge is -2.16. The predicted molar refractivity (Wildman–Crippen MR) is 109 cm³/mol. The van der Waals surface area contributed by atoms with Gasteiger partial charge in [-0.25, -0.2) is 8.42 Å². The second-order valence-corrected chi connectivity index (χ2v) is 10.6. The summed E-state index contributed by atoms with van der Waals surface area (Å²) in [5.74, 6) is 1.18. The zero-order valence-electron chi connectivity index (χ0n) is 16.3. The smallest absolute Gasteiger partial charge is 0.277 e. The number of aromatic nitrogens is 2. The Morgan fingerprint density at radius 3 is 2.82 bits per heavy atom. The average Bonchev–Trinajstić information content (AvgIpc) is 3.20. The molecule has 0 aliphatic carbocycles. The number of thioether (sulfide) groups is 1. The van der Waals surface area contributed by atoms with Gasteiger partial charge in [-0.15, -0.1) is 10.2 Å². The van der Waals surface area contributed by atoms with E-state index < -0.39 is 9.84 Å². The molecule has 0 bridgehead atoms. The van der Waals surface area contributed by atoms with Crippen LogP contribution in [0.4, 0.5) is 5.69 Å². The maximum atomic E-state index is 12.4. The second-order valence-electron chi connectivity index (χ2n) is 7.47. The van der Waals surface area contributed by atoms with E-state index in [0.717, 1.165) is 16.8 Å². The summed E-state index contributed by atoms with van der Waals surface area (Å²) < 4.78 is 28.6.